The van der Waals surface area contributed by atoms with Crippen LogP contribution in [0.1, 0.15) is 37.3 Å². The average molecular weight is 466 g/mol. The van der Waals surface area contributed by atoms with Crippen molar-refractivity contribution in [3.8, 4) is 22.5 Å². The summed E-state index contributed by atoms with van der Waals surface area (Å²) in [6, 6.07) is 10.2. The van der Waals surface area contributed by atoms with Gasteiger partial charge in [-0.2, -0.15) is 5.10 Å². The number of benzene rings is 1. The SMILES string of the molecule is CN(CCO)C1CCC(c2[nH]nc(-c3ccc(Cl)cc3)c2-c2ccncn2)CC1.Cl.O. The molecule has 3 aromatic rings. The molecule has 31 heavy (non-hydrogen) atoms. The maximum Gasteiger partial charge on any atom is 0.116 e. The second-order valence-electron chi connectivity index (χ2n) is 7.67. The molecule has 1 aromatic carbocycles. The molecule has 0 bridgehead atoms. The minimum atomic E-state index is 0. The van der Waals surface area contributed by atoms with Gasteiger partial charge in [0.05, 0.1) is 12.3 Å². The molecule has 4 rings (SSSR count). The number of aromatic amines is 1. The van der Waals surface area contributed by atoms with E-state index in [1.165, 1.54) is 0 Å². The van der Waals surface area contributed by atoms with E-state index >= 15 is 0 Å². The molecule has 2 aromatic heterocycles. The second-order valence-corrected chi connectivity index (χ2v) is 8.11. The lowest BCUT2D eigenvalue weighted by atomic mass is 9.81. The van der Waals surface area contributed by atoms with Crippen molar-refractivity contribution >= 4 is 24.0 Å². The van der Waals surface area contributed by atoms with Crippen molar-refractivity contribution in [3.05, 3.63) is 53.6 Å². The molecule has 168 valence electrons. The maximum absolute atomic E-state index is 9.21. The van der Waals surface area contributed by atoms with Crippen LogP contribution in [0.15, 0.2) is 42.9 Å². The molecular formula is C22H29Cl2N5O2. The number of aliphatic hydroxyl groups is 1. The van der Waals surface area contributed by atoms with Crippen molar-refractivity contribution < 1.29 is 10.6 Å². The summed E-state index contributed by atoms with van der Waals surface area (Å²) >= 11 is 6.08. The molecular weight excluding hydrogens is 437 g/mol. The van der Waals surface area contributed by atoms with Gasteiger partial charge in [-0.05, 0) is 50.9 Å². The fraction of sp³-hybridized carbons (Fsp3) is 0.409. The van der Waals surface area contributed by atoms with Gasteiger partial charge in [0.15, 0.2) is 0 Å². The number of aliphatic hydroxyl groups excluding tert-OH is 1. The molecule has 1 aliphatic carbocycles. The highest BCUT2D eigenvalue weighted by molar-refractivity contribution is 6.30. The Bertz CT molecular complexity index is 929. The largest absolute Gasteiger partial charge is 0.412 e. The van der Waals surface area contributed by atoms with E-state index in [0.717, 1.165) is 60.4 Å². The first-order chi connectivity index (χ1) is 14.2. The van der Waals surface area contributed by atoms with E-state index in [4.69, 9.17) is 11.6 Å². The minimum Gasteiger partial charge on any atom is -0.412 e. The lowest BCUT2D eigenvalue weighted by Gasteiger charge is -2.34. The molecule has 0 atom stereocenters. The summed E-state index contributed by atoms with van der Waals surface area (Å²) < 4.78 is 0. The summed E-state index contributed by atoms with van der Waals surface area (Å²) in [5, 5.41) is 17.9. The van der Waals surface area contributed by atoms with Gasteiger partial charge in [-0.3, -0.25) is 5.10 Å². The van der Waals surface area contributed by atoms with Crippen LogP contribution >= 0.6 is 24.0 Å². The van der Waals surface area contributed by atoms with Gasteiger partial charge in [-0.1, -0.05) is 23.7 Å². The molecule has 0 saturated heterocycles. The highest BCUT2D eigenvalue weighted by atomic mass is 35.5. The summed E-state index contributed by atoms with van der Waals surface area (Å²) in [6.07, 6.45) is 7.74. The first-order valence-corrected chi connectivity index (χ1v) is 10.5. The molecule has 1 aliphatic rings. The molecule has 7 nitrogen and oxygen atoms in total. The zero-order valence-electron chi connectivity index (χ0n) is 17.5. The van der Waals surface area contributed by atoms with Crippen LogP contribution in [-0.2, 0) is 0 Å². The standard InChI is InChI=1S/C22H26ClN5O.ClH.H2O/c1-28(12-13-29)18-8-4-16(5-9-18)22-20(19-10-11-24-14-25-19)21(26-27-22)15-2-6-17(23)7-3-15;;/h2-3,6-7,10-11,14,16,18,29H,4-5,8-9,12-13H2,1H3,(H,26,27);1H;1H2. The van der Waals surface area contributed by atoms with Crippen molar-refractivity contribution in [2.24, 2.45) is 0 Å². The van der Waals surface area contributed by atoms with Crippen molar-refractivity contribution in [2.45, 2.75) is 37.6 Å². The van der Waals surface area contributed by atoms with Gasteiger partial charge in [0.1, 0.15) is 12.0 Å². The Morgan fingerprint density at radius 2 is 1.84 bits per heavy atom. The predicted octanol–water partition coefficient (Wildman–Crippen LogP) is 3.73. The molecule has 9 heteroatoms. The van der Waals surface area contributed by atoms with Crippen molar-refractivity contribution in [1.82, 2.24) is 25.1 Å². The topological polar surface area (TPSA) is 109 Å². The summed E-state index contributed by atoms with van der Waals surface area (Å²) in [4.78, 5) is 10.9. The van der Waals surface area contributed by atoms with Gasteiger partial charge in [-0.15, -0.1) is 12.4 Å². The van der Waals surface area contributed by atoms with Gasteiger partial charge in [-0.25, -0.2) is 9.97 Å². The third kappa shape index (κ3) is 5.61. The third-order valence-corrected chi connectivity index (χ3v) is 6.18. The molecule has 0 amide bonds. The average Bonchev–Trinajstić information content (AvgIpc) is 3.20. The highest BCUT2D eigenvalue weighted by Crippen LogP contribution is 2.41. The van der Waals surface area contributed by atoms with Crippen LogP contribution in [0.5, 0.6) is 0 Å². The Balaban J connectivity index is 0.00000171. The van der Waals surface area contributed by atoms with E-state index in [-0.39, 0.29) is 24.5 Å². The summed E-state index contributed by atoms with van der Waals surface area (Å²) in [7, 11) is 2.10. The number of hydrogen-bond acceptors (Lipinski definition) is 5. The number of hydrogen-bond donors (Lipinski definition) is 2. The Morgan fingerprint density at radius 1 is 1.13 bits per heavy atom. The van der Waals surface area contributed by atoms with E-state index in [1.807, 2.05) is 30.3 Å². The van der Waals surface area contributed by atoms with Crippen LogP contribution in [0.4, 0.5) is 0 Å². The number of aromatic nitrogens is 4. The summed E-state index contributed by atoms with van der Waals surface area (Å²) in [6.45, 7) is 0.936. The normalized spacial score (nSPS) is 18.3. The number of rotatable bonds is 6. The molecule has 2 heterocycles. The van der Waals surface area contributed by atoms with Crippen LogP contribution in [0.3, 0.4) is 0 Å². The monoisotopic (exact) mass is 465 g/mol. The predicted molar refractivity (Wildman–Crippen MR) is 126 cm³/mol. The second kappa shape index (κ2) is 11.5. The van der Waals surface area contributed by atoms with E-state index < -0.39 is 0 Å². The lowest BCUT2D eigenvalue weighted by molar-refractivity contribution is 0.146. The Hall–Kier alpha value is -2.03. The molecule has 0 spiro atoms. The number of nitrogens with one attached hydrogen (secondary N) is 1. The van der Waals surface area contributed by atoms with Crippen LogP contribution in [0.2, 0.25) is 5.02 Å². The summed E-state index contributed by atoms with van der Waals surface area (Å²) in [5.74, 6) is 0.410. The minimum absolute atomic E-state index is 0. The Kier molecular flexibility index (Phi) is 9.40. The van der Waals surface area contributed by atoms with E-state index in [1.54, 1.807) is 12.5 Å². The maximum atomic E-state index is 9.21. The van der Waals surface area contributed by atoms with Crippen molar-refractivity contribution in [2.75, 3.05) is 20.2 Å². The van der Waals surface area contributed by atoms with Gasteiger partial charge in [0, 0.05) is 46.5 Å². The molecule has 4 N–H and O–H groups in total. The third-order valence-electron chi connectivity index (χ3n) is 5.93. The summed E-state index contributed by atoms with van der Waals surface area (Å²) in [5.41, 5.74) is 5.00. The number of H-pyrrole nitrogens is 1. The molecule has 1 fully saturated rings. The van der Waals surface area contributed by atoms with Crippen molar-refractivity contribution in [1.29, 1.82) is 0 Å². The molecule has 0 aliphatic heterocycles. The van der Waals surface area contributed by atoms with Crippen LogP contribution in [-0.4, -0.2) is 61.9 Å². The van der Waals surface area contributed by atoms with Gasteiger partial charge in [0.2, 0.25) is 0 Å². The zero-order valence-corrected chi connectivity index (χ0v) is 19.0. The fourth-order valence-corrected chi connectivity index (χ4v) is 4.44. The van der Waals surface area contributed by atoms with Gasteiger partial charge >= 0.3 is 0 Å². The van der Waals surface area contributed by atoms with Crippen LogP contribution in [0, 0.1) is 0 Å². The molecule has 0 unspecified atom stereocenters. The number of nitrogens with zero attached hydrogens (tertiary/aromatic N) is 4. The van der Waals surface area contributed by atoms with Crippen molar-refractivity contribution in [3.63, 3.8) is 0 Å². The lowest BCUT2D eigenvalue weighted by Crippen LogP contribution is -2.36. The Morgan fingerprint density at radius 3 is 2.45 bits per heavy atom. The van der Waals surface area contributed by atoms with E-state index in [2.05, 4.69) is 32.1 Å². The smallest absolute Gasteiger partial charge is 0.116 e. The van der Waals surface area contributed by atoms with Crippen LogP contribution < -0.4 is 0 Å². The van der Waals surface area contributed by atoms with Gasteiger partial charge in [0.25, 0.3) is 0 Å². The quantitative estimate of drug-likeness (QED) is 0.575. The highest BCUT2D eigenvalue weighted by Gasteiger charge is 2.29. The van der Waals surface area contributed by atoms with Gasteiger partial charge < -0.3 is 15.5 Å². The van der Waals surface area contributed by atoms with Crippen LogP contribution in [0.25, 0.3) is 22.5 Å². The number of halogens is 2. The van der Waals surface area contributed by atoms with E-state index in [0.29, 0.717) is 17.0 Å². The zero-order chi connectivity index (χ0) is 20.2. The van der Waals surface area contributed by atoms with E-state index in [9.17, 15) is 5.11 Å². The molecule has 0 radical (unpaired) electrons. The molecule has 1 saturated carbocycles. The number of likely N-dealkylation sites (N-methyl/N-ethyl adjacent to an activating group) is 1. The first-order valence-electron chi connectivity index (χ1n) is 10.1. The fourth-order valence-electron chi connectivity index (χ4n) is 4.31. The first kappa shape index (κ1) is 25.2. The Labute approximate surface area is 193 Å².